The number of carbonyl (C=O) groups excluding carboxylic acids is 1. The highest BCUT2D eigenvalue weighted by atomic mass is 32.2. The van der Waals surface area contributed by atoms with Crippen molar-refractivity contribution in [1.82, 2.24) is 9.29 Å². The monoisotopic (exact) mass is 615 g/mol. The van der Waals surface area contributed by atoms with Crippen molar-refractivity contribution < 1.29 is 27.9 Å². The number of thiophene rings is 1. The number of benzene rings is 1. The van der Waals surface area contributed by atoms with Crippen molar-refractivity contribution >= 4 is 39.2 Å². The molecule has 0 atom stereocenters. The van der Waals surface area contributed by atoms with E-state index in [-0.39, 0.29) is 28.5 Å². The van der Waals surface area contributed by atoms with Crippen LogP contribution in [0.3, 0.4) is 0 Å². The molecule has 11 heteroatoms. The van der Waals surface area contributed by atoms with Crippen LogP contribution in [-0.4, -0.2) is 47.0 Å². The Morgan fingerprint density at radius 2 is 1.67 bits per heavy atom. The molecule has 0 radical (unpaired) electrons. The number of carboxylic acid groups (broad SMARTS) is 1. The number of hydrogen-bond donors (Lipinski definition) is 1. The fourth-order valence-corrected chi connectivity index (χ4v) is 6.91. The van der Waals surface area contributed by atoms with Gasteiger partial charge >= 0.3 is 12.1 Å². The molecule has 1 N–H and O–H groups in total. The van der Waals surface area contributed by atoms with Gasteiger partial charge in [0.25, 0.3) is 10.0 Å². The van der Waals surface area contributed by atoms with Crippen LogP contribution < -0.4 is 4.90 Å². The second-order valence-electron chi connectivity index (χ2n) is 11.8. The number of amides is 1. The molecule has 0 unspecified atom stereocenters. The summed E-state index contributed by atoms with van der Waals surface area (Å²) >= 11 is 1.13. The highest BCUT2D eigenvalue weighted by molar-refractivity contribution is 7.91. The molecule has 3 rings (SSSR count). The number of anilines is 1. The standard InChI is InChI=1S/C31H41N3O6S2/c1-7-8-18-31(5,6)24-16-14-23(15-17-24)20-33(42(38,39)28-13-10-19-41-28)21-25-11-9-12-26(32-25)34(22-27(35)36)29(37)40-30(2,3)4/h9-17,19H,7-8,18,20-22H2,1-6H3,(H,35,36). The van der Waals surface area contributed by atoms with E-state index in [4.69, 9.17) is 4.74 Å². The number of aliphatic carboxylic acids is 1. The van der Waals surface area contributed by atoms with Crippen LogP contribution in [0.5, 0.6) is 0 Å². The molecule has 0 spiro atoms. The summed E-state index contributed by atoms with van der Waals surface area (Å²) in [6, 6.07) is 16.0. The number of rotatable bonds is 13. The minimum Gasteiger partial charge on any atom is -0.480 e. The fourth-order valence-electron chi connectivity index (χ4n) is 4.37. The maximum absolute atomic E-state index is 13.7. The van der Waals surface area contributed by atoms with Crippen LogP contribution in [0.1, 0.15) is 77.6 Å². The summed E-state index contributed by atoms with van der Waals surface area (Å²) in [5.41, 5.74) is 1.53. The van der Waals surface area contributed by atoms with Crippen molar-refractivity contribution in [2.75, 3.05) is 11.4 Å². The molecular formula is C31H41N3O6S2. The van der Waals surface area contributed by atoms with Crippen molar-refractivity contribution in [3.63, 3.8) is 0 Å². The average Bonchev–Trinajstić information content (AvgIpc) is 3.46. The minimum absolute atomic E-state index is 0.0115. The summed E-state index contributed by atoms with van der Waals surface area (Å²) in [7, 11) is -3.88. The predicted octanol–water partition coefficient (Wildman–Crippen LogP) is 6.83. The van der Waals surface area contributed by atoms with Gasteiger partial charge in [0, 0.05) is 6.54 Å². The Morgan fingerprint density at radius 1 is 0.976 bits per heavy atom. The number of carboxylic acids is 1. The van der Waals surface area contributed by atoms with E-state index in [1.807, 2.05) is 12.1 Å². The summed E-state index contributed by atoms with van der Waals surface area (Å²) in [5, 5.41) is 11.1. The van der Waals surface area contributed by atoms with E-state index in [1.54, 1.807) is 50.4 Å². The Morgan fingerprint density at radius 3 is 2.24 bits per heavy atom. The molecule has 1 amide bonds. The number of aromatic nitrogens is 1. The zero-order chi connectivity index (χ0) is 31.1. The molecule has 1 aromatic carbocycles. The first-order valence-corrected chi connectivity index (χ1v) is 16.3. The molecule has 2 aromatic heterocycles. The van der Waals surface area contributed by atoms with Gasteiger partial charge in [-0.2, -0.15) is 4.31 Å². The predicted molar refractivity (Wildman–Crippen MR) is 165 cm³/mol. The Hall–Kier alpha value is -3.28. The molecule has 0 bridgehead atoms. The third-order valence-corrected chi connectivity index (χ3v) is 9.82. The van der Waals surface area contributed by atoms with Gasteiger partial charge in [-0.15, -0.1) is 11.3 Å². The van der Waals surface area contributed by atoms with Crippen molar-refractivity contribution in [3.8, 4) is 0 Å². The van der Waals surface area contributed by atoms with E-state index in [1.165, 1.54) is 15.9 Å². The molecule has 0 aliphatic heterocycles. The van der Waals surface area contributed by atoms with Crippen molar-refractivity contribution in [3.05, 3.63) is 76.8 Å². The summed E-state index contributed by atoms with van der Waals surface area (Å²) in [4.78, 5) is 29.8. The van der Waals surface area contributed by atoms with Gasteiger partial charge in [0.05, 0.1) is 12.2 Å². The molecule has 0 aliphatic carbocycles. The molecule has 0 saturated carbocycles. The molecule has 228 valence electrons. The van der Waals surface area contributed by atoms with E-state index >= 15 is 0 Å². The van der Waals surface area contributed by atoms with Gasteiger partial charge in [-0.3, -0.25) is 9.69 Å². The van der Waals surface area contributed by atoms with E-state index in [2.05, 4.69) is 37.9 Å². The van der Waals surface area contributed by atoms with E-state index in [9.17, 15) is 23.1 Å². The first kappa shape index (κ1) is 33.2. The van der Waals surface area contributed by atoms with Crippen molar-refractivity contribution in [1.29, 1.82) is 0 Å². The lowest BCUT2D eigenvalue weighted by Crippen LogP contribution is -2.40. The van der Waals surface area contributed by atoms with Crippen molar-refractivity contribution in [2.45, 2.75) is 89.1 Å². The Labute approximate surface area is 253 Å². The topological polar surface area (TPSA) is 117 Å². The lowest BCUT2D eigenvalue weighted by atomic mass is 9.80. The van der Waals surface area contributed by atoms with Crippen LogP contribution in [0.15, 0.2) is 64.2 Å². The molecular weight excluding hydrogens is 574 g/mol. The third kappa shape index (κ3) is 9.11. The van der Waals surface area contributed by atoms with Gasteiger partial charge < -0.3 is 9.84 Å². The third-order valence-electron chi connectivity index (χ3n) is 6.65. The van der Waals surface area contributed by atoms with Gasteiger partial charge in [0.15, 0.2) is 0 Å². The van der Waals surface area contributed by atoms with Crippen LogP contribution in [0.4, 0.5) is 10.6 Å². The van der Waals surface area contributed by atoms with Gasteiger partial charge in [0.2, 0.25) is 0 Å². The van der Waals surface area contributed by atoms with Gasteiger partial charge in [-0.25, -0.2) is 18.2 Å². The molecule has 0 saturated heterocycles. The highest BCUT2D eigenvalue weighted by Crippen LogP contribution is 2.30. The number of hydrogen-bond acceptors (Lipinski definition) is 7. The molecule has 42 heavy (non-hydrogen) atoms. The molecule has 0 fully saturated rings. The normalized spacial score (nSPS) is 12.4. The van der Waals surface area contributed by atoms with Crippen LogP contribution in [0, 0.1) is 0 Å². The second-order valence-corrected chi connectivity index (χ2v) is 14.9. The maximum atomic E-state index is 13.7. The number of ether oxygens (including phenoxy) is 1. The Bertz CT molecular complexity index is 1450. The number of carbonyl (C=O) groups is 2. The Balaban J connectivity index is 1.94. The minimum atomic E-state index is -3.88. The SMILES string of the molecule is CCCCC(C)(C)c1ccc(CN(Cc2cccc(N(CC(=O)O)C(=O)OC(C)(C)C)n2)S(=O)(=O)c2cccs2)cc1. The smallest absolute Gasteiger partial charge is 0.416 e. The largest absolute Gasteiger partial charge is 0.480 e. The fraction of sp³-hybridized carbons (Fsp3) is 0.452. The quantitative estimate of drug-likeness (QED) is 0.224. The van der Waals surface area contributed by atoms with E-state index in [0.717, 1.165) is 41.1 Å². The van der Waals surface area contributed by atoms with Gasteiger partial charge in [-0.1, -0.05) is 70.0 Å². The zero-order valence-corrected chi connectivity index (χ0v) is 26.8. The van der Waals surface area contributed by atoms with Crippen LogP contribution in [0.2, 0.25) is 0 Å². The molecule has 0 aliphatic rings. The molecule has 9 nitrogen and oxygen atoms in total. The van der Waals surface area contributed by atoms with Gasteiger partial charge in [0.1, 0.15) is 22.2 Å². The summed E-state index contributed by atoms with van der Waals surface area (Å²) < 4.78 is 34.4. The molecule has 2 heterocycles. The van der Waals surface area contributed by atoms with E-state index in [0.29, 0.717) is 5.69 Å². The lowest BCUT2D eigenvalue weighted by molar-refractivity contribution is -0.135. The van der Waals surface area contributed by atoms with Gasteiger partial charge in [-0.05, 0) is 67.3 Å². The summed E-state index contributed by atoms with van der Waals surface area (Å²) in [6.07, 6.45) is 2.45. The number of pyridine rings is 1. The van der Waals surface area contributed by atoms with Crippen molar-refractivity contribution in [2.24, 2.45) is 0 Å². The van der Waals surface area contributed by atoms with Crippen LogP contribution >= 0.6 is 11.3 Å². The highest BCUT2D eigenvalue weighted by Gasteiger charge is 2.29. The first-order valence-electron chi connectivity index (χ1n) is 13.9. The second kappa shape index (κ2) is 13.8. The number of unbranched alkanes of at least 4 members (excludes halogenated alkanes) is 1. The molecule has 3 aromatic rings. The lowest BCUT2D eigenvalue weighted by Gasteiger charge is -2.27. The van der Waals surface area contributed by atoms with Crippen LogP contribution in [-0.2, 0) is 38.1 Å². The van der Waals surface area contributed by atoms with Crippen LogP contribution in [0.25, 0.3) is 0 Å². The zero-order valence-electron chi connectivity index (χ0n) is 25.2. The number of nitrogens with zero attached hydrogens (tertiary/aromatic N) is 3. The first-order chi connectivity index (χ1) is 19.6. The summed E-state index contributed by atoms with van der Waals surface area (Å²) in [6.45, 7) is 11.0. The average molecular weight is 616 g/mol. The summed E-state index contributed by atoms with van der Waals surface area (Å²) in [5.74, 6) is -1.19. The Kier molecular flexibility index (Phi) is 10.9. The van der Waals surface area contributed by atoms with E-state index < -0.39 is 34.2 Å². The maximum Gasteiger partial charge on any atom is 0.416 e. The number of sulfonamides is 1.